The van der Waals surface area contributed by atoms with Crippen molar-refractivity contribution in [3.63, 3.8) is 0 Å². The van der Waals surface area contributed by atoms with Crippen LogP contribution < -0.4 is 5.32 Å². The van der Waals surface area contributed by atoms with Gasteiger partial charge in [0.1, 0.15) is 11.6 Å². The summed E-state index contributed by atoms with van der Waals surface area (Å²) in [6.07, 6.45) is 1.72. The van der Waals surface area contributed by atoms with Crippen molar-refractivity contribution in [2.75, 3.05) is 5.32 Å². The van der Waals surface area contributed by atoms with Crippen LogP contribution in [0.3, 0.4) is 0 Å². The van der Waals surface area contributed by atoms with Crippen LogP contribution in [0.15, 0.2) is 54.6 Å². The molecule has 0 amide bonds. The van der Waals surface area contributed by atoms with E-state index in [4.69, 9.17) is 0 Å². The second-order valence-corrected chi connectivity index (χ2v) is 6.62. The molecule has 0 saturated heterocycles. The van der Waals surface area contributed by atoms with Gasteiger partial charge in [0.15, 0.2) is 17.0 Å². The second-order valence-electron chi connectivity index (χ2n) is 6.62. The fourth-order valence-electron chi connectivity index (χ4n) is 3.01. The zero-order valence-corrected chi connectivity index (χ0v) is 15.6. The van der Waals surface area contributed by atoms with Crippen LogP contribution in [0.2, 0.25) is 0 Å². The van der Waals surface area contributed by atoms with Crippen LogP contribution >= 0.6 is 0 Å². The van der Waals surface area contributed by atoms with Gasteiger partial charge in [-0.25, -0.2) is 19.0 Å². The number of nitrogens with zero attached hydrogens (tertiary/aromatic N) is 5. The average Bonchev–Trinajstić information content (AvgIpc) is 3.11. The van der Waals surface area contributed by atoms with Gasteiger partial charge in [0.2, 0.25) is 0 Å². The lowest BCUT2D eigenvalue weighted by Crippen LogP contribution is -2.08. The quantitative estimate of drug-likeness (QED) is 0.528. The van der Waals surface area contributed by atoms with E-state index >= 15 is 0 Å². The molecule has 0 atom stereocenters. The number of nitrogens with one attached hydrogen (secondary N) is 1. The third kappa shape index (κ3) is 3.98. The van der Waals surface area contributed by atoms with E-state index in [1.165, 1.54) is 12.1 Å². The summed E-state index contributed by atoms with van der Waals surface area (Å²) >= 11 is 0. The van der Waals surface area contributed by atoms with Gasteiger partial charge in [-0.3, -0.25) is 0 Å². The predicted octanol–water partition coefficient (Wildman–Crippen LogP) is 3.97. The van der Waals surface area contributed by atoms with Gasteiger partial charge in [-0.15, -0.1) is 5.10 Å². The van der Waals surface area contributed by atoms with Crippen molar-refractivity contribution < 1.29 is 4.39 Å². The molecule has 0 aliphatic heterocycles. The van der Waals surface area contributed by atoms with Crippen LogP contribution in [0, 0.1) is 5.82 Å². The van der Waals surface area contributed by atoms with E-state index in [1.807, 2.05) is 18.2 Å². The molecule has 2 heterocycles. The highest BCUT2D eigenvalue weighted by Gasteiger charge is 2.15. The molecular weight excluding hydrogens is 355 g/mol. The second kappa shape index (κ2) is 8.12. The molecule has 0 unspecified atom stereocenters. The summed E-state index contributed by atoms with van der Waals surface area (Å²) in [4.78, 5) is 9.32. The summed E-state index contributed by atoms with van der Waals surface area (Å²) in [7, 11) is 0. The highest BCUT2D eigenvalue weighted by Crippen LogP contribution is 2.20. The third-order valence-electron chi connectivity index (χ3n) is 4.43. The smallest absolute Gasteiger partial charge is 0.184 e. The Morgan fingerprint density at radius 1 is 0.964 bits per heavy atom. The summed E-state index contributed by atoms with van der Waals surface area (Å²) < 4.78 is 14.9. The average molecular weight is 376 g/mol. The highest BCUT2D eigenvalue weighted by molar-refractivity contribution is 5.82. The lowest BCUT2D eigenvalue weighted by Gasteiger charge is -2.09. The van der Waals surface area contributed by atoms with Gasteiger partial charge in [-0.2, -0.15) is 0 Å². The van der Waals surface area contributed by atoms with Crippen molar-refractivity contribution in [2.24, 2.45) is 0 Å². The number of aryl methyl sites for hydroxylation is 1. The van der Waals surface area contributed by atoms with E-state index in [9.17, 15) is 4.39 Å². The number of aromatic nitrogens is 5. The highest BCUT2D eigenvalue weighted by atomic mass is 19.1. The molecule has 0 radical (unpaired) electrons. The molecule has 28 heavy (non-hydrogen) atoms. The third-order valence-corrected chi connectivity index (χ3v) is 4.43. The van der Waals surface area contributed by atoms with Crippen LogP contribution in [-0.4, -0.2) is 25.0 Å². The maximum Gasteiger partial charge on any atom is 0.184 e. The zero-order chi connectivity index (χ0) is 19.3. The molecule has 6 nitrogen and oxygen atoms in total. The van der Waals surface area contributed by atoms with Gasteiger partial charge in [0, 0.05) is 13.0 Å². The van der Waals surface area contributed by atoms with Crippen LogP contribution in [0.25, 0.3) is 11.2 Å². The van der Waals surface area contributed by atoms with Crippen LogP contribution in [0.4, 0.5) is 10.2 Å². The molecule has 0 aliphatic rings. The number of anilines is 1. The van der Waals surface area contributed by atoms with Gasteiger partial charge < -0.3 is 5.32 Å². The molecule has 0 aliphatic carbocycles. The fraction of sp³-hybridized carbons (Fsp3) is 0.238. The summed E-state index contributed by atoms with van der Waals surface area (Å²) in [5.74, 6) is 1.16. The first kappa shape index (κ1) is 18.0. The van der Waals surface area contributed by atoms with E-state index < -0.39 is 0 Å². The molecule has 0 fully saturated rings. The Morgan fingerprint density at radius 2 is 1.75 bits per heavy atom. The standard InChI is InChI=1S/C21H21FN6/c1-2-6-18-24-20(23-13-15-9-11-17(22)12-10-15)19-21(25-18)28(27-26-19)14-16-7-4-3-5-8-16/h3-5,7-12H,2,6,13-14H2,1H3,(H,23,24,25). The molecule has 0 bridgehead atoms. The number of halogens is 1. The number of hydrogen-bond donors (Lipinski definition) is 1. The summed E-state index contributed by atoms with van der Waals surface area (Å²) in [6.45, 7) is 3.21. The van der Waals surface area contributed by atoms with Gasteiger partial charge in [-0.05, 0) is 29.7 Å². The van der Waals surface area contributed by atoms with Gasteiger partial charge in [-0.1, -0.05) is 54.6 Å². The maximum absolute atomic E-state index is 13.1. The molecule has 0 spiro atoms. The maximum atomic E-state index is 13.1. The van der Waals surface area contributed by atoms with Crippen molar-refractivity contribution in [3.05, 3.63) is 77.4 Å². The summed E-state index contributed by atoms with van der Waals surface area (Å²) in [5, 5.41) is 11.9. The Morgan fingerprint density at radius 3 is 2.50 bits per heavy atom. The van der Waals surface area contributed by atoms with Crippen molar-refractivity contribution >= 4 is 17.0 Å². The minimum absolute atomic E-state index is 0.248. The summed E-state index contributed by atoms with van der Waals surface area (Å²) in [6, 6.07) is 16.5. The number of fused-ring (bicyclic) bond motifs is 1. The van der Waals surface area contributed by atoms with E-state index in [0.29, 0.717) is 30.1 Å². The minimum Gasteiger partial charge on any atom is -0.364 e. The number of hydrogen-bond acceptors (Lipinski definition) is 5. The first-order valence-electron chi connectivity index (χ1n) is 9.35. The van der Waals surface area contributed by atoms with E-state index in [-0.39, 0.29) is 5.82 Å². The number of rotatable bonds is 7. The Labute approximate surface area is 162 Å². The normalized spacial score (nSPS) is 11.1. The molecule has 7 heteroatoms. The molecule has 142 valence electrons. The Hall–Kier alpha value is -3.35. The van der Waals surface area contributed by atoms with Gasteiger partial charge >= 0.3 is 0 Å². The molecule has 2 aromatic heterocycles. The minimum atomic E-state index is -0.248. The first-order valence-corrected chi connectivity index (χ1v) is 9.35. The topological polar surface area (TPSA) is 68.5 Å². The van der Waals surface area contributed by atoms with Crippen molar-refractivity contribution in [2.45, 2.75) is 32.9 Å². The molecule has 4 rings (SSSR count). The Balaban J connectivity index is 1.65. The molecule has 1 N–H and O–H groups in total. The SMILES string of the molecule is CCCc1nc(NCc2ccc(F)cc2)c2nnn(Cc3ccccc3)c2n1. The zero-order valence-electron chi connectivity index (χ0n) is 15.6. The summed E-state index contributed by atoms with van der Waals surface area (Å²) in [5.41, 5.74) is 3.44. The van der Waals surface area contributed by atoms with Crippen molar-refractivity contribution in [3.8, 4) is 0 Å². The Bertz CT molecular complexity index is 1060. The molecule has 0 saturated carbocycles. The van der Waals surface area contributed by atoms with Crippen LogP contribution in [0.1, 0.15) is 30.3 Å². The van der Waals surface area contributed by atoms with Gasteiger partial charge in [0.25, 0.3) is 0 Å². The largest absolute Gasteiger partial charge is 0.364 e. The predicted molar refractivity (Wildman–Crippen MR) is 106 cm³/mol. The van der Waals surface area contributed by atoms with Gasteiger partial charge in [0.05, 0.1) is 6.54 Å². The van der Waals surface area contributed by atoms with E-state index in [0.717, 1.165) is 29.8 Å². The number of benzene rings is 2. The molecule has 2 aromatic carbocycles. The first-order chi connectivity index (χ1) is 13.7. The van der Waals surface area contributed by atoms with E-state index in [2.05, 4.69) is 44.7 Å². The molecule has 4 aromatic rings. The lowest BCUT2D eigenvalue weighted by molar-refractivity contribution is 0.627. The lowest BCUT2D eigenvalue weighted by atomic mass is 10.2. The fourth-order valence-corrected chi connectivity index (χ4v) is 3.01. The van der Waals surface area contributed by atoms with E-state index in [1.54, 1.807) is 16.8 Å². The molecular formula is C21H21FN6. The van der Waals surface area contributed by atoms with Crippen molar-refractivity contribution in [1.29, 1.82) is 0 Å². The van der Waals surface area contributed by atoms with Crippen LogP contribution in [0.5, 0.6) is 0 Å². The van der Waals surface area contributed by atoms with Crippen molar-refractivity contribution in [1.82, 2.24) is 25.0 Å². The monoisotopic (exact) mass is 376 g/mol. The van der Waals surface area contributed by atoms with Crippen LogP contribution in [-0.2, 0) is 19.5 Å². The Kier molecular flexibility index (Phi) is 5.23.